The van der Waals surface area contributed by atoms with E-state index in [4.69, 9.17) is 27.9 Å². The number of likely N-dealkylation sites (tertiary alicyclic amines) is 1. The Labute approximate surface area is 147 Å². The Bertz CT molecular complexity index is 547. The van der Waals surface area contributed by atoms with Gasteiger partial charge in [0.2, 0.25) is 5.91 Å². The van der Waals surface area contributed by atoms with Crippen molar-refractivity contribution in [1.82, 2.24) is 10.2 Å². The summed E-state index contributed by atoms with van der Waals surface area (Å²) in [5, 5.41) is 4.01. The number of carbonyl (C=O) groups excluding carboxylic acids is 1. The van der Waals surface area contributed by atoms with Gasteiger partial charge in [-0.1, -0.05) is 35.9 Å². The van der Waals surface area contributed by atoms with E-state index in [-0.39, 0.29) is 11.9 Å². The van der Waals surface area contributed by atoms with Crippen LogP contribution in [0.2, 0.25) is 10.0 Å². The van der Waals surface area contributed by atoms with Crippen LogP contribution in [0.25, 0.3) is 0 Å². The lowest BCUT2D eigenvalue weighted by Gasteiger charge is -2.32. The van der Waals surface area contributed by atoms with Gasteiger partial charge in [-0.25, -0.2) is 0 Å². The monoisotopic (exact) mass is 356 g/mol. The first-order valence-electron chi connectivity index (χ1n) is 7.70. The molecule has 1 aromatic carbocycles. The van der Waals surface area contributed by atoms with Crippen molar-refractivity contribution in [2.75, 3.05) is 19.7 Å². The predicted octanol–water partition coefficient (Wildman–Crippen LogP) is 3.66. The highest BCUT2D eigenvalue weighted by molar-refractivity contribution is 6.37. The molecule has 1 N–H and O–H groups in total. The molecule has 0 radical (unpaired) electrons. The van der Waals surface area contributed by atoms with E-state index < -0.39 is 0 Å². The lowest BCUT2D eigenvalue weighted by molar-refractivity contribution is -0.119. The first kappa shape index (κ1) is 18.1. The van der Waals surface area contributed by atoms with Crippen LogP contribution < -0.4 is 10.1 Å². The molecule has 0 aliphatic carbocycles. The maximum Gasteiger partial charge on any atom is 0.217 e. The van der Waals surface area contributed by atoms with Gasteiger partial charge in [0.05, 0.1) is 10.0 Å². The molecule has 1 amide bonds. The van der Waals surface area contributed by atoms with Crippen molar-refractivity contribution in [2.45, 2.75) is 32.4 Å². The van der Waals surface area contributed by atoms with E-state index in [9.17, 15) is 4.79 Å². The lowest BCUT2D eigenvalue weighted by Crippen LogP contribution is -2.43. The molecule has 1 aromatic rings. The Morgan fingerprint density at radius 2 is 2.00 bits per heavy atom. The summed E-state index contributed by atoms with van der Waals surface area (Å²) >= 11 is 12.5. The Morgan fingerprint density at radius 3 is 2.52 bits per heavy atom. The van der Waals surface area contributed by atoms with Crippen molar-refractivity contribution < 1.29 is 9.53 Å². The zero-order chi connectivity index (χ0) is 16.8. The smallest absolute Gasteiger partial charge is 0.217 e. The molecule has 0 atom stereocenters. The van der Waals surface area contributed by atoms with Crippen LogP contribution in [0.15, 0.2) is 24.8 Å². The third kappa shape index (κ3) is 5.41. The molecular weight excluding hydrogens is 335 g/mol. The minimum absolute atomic E-state index is 0.0390. The highest BCUT2D eigenvalue weighted by atomic mass is 35.5. The zero-order valence-corrected chi connectivity index (χ0v) is 14.8. The normalized spacial score (nSPS) is 16.1. The first-order chi connectivity index (χ1) is 11.0. The predicted molar refractivity (Wildman–Crippen MR) is 94.3 cm³/mol. The molecule has 0 unspecified atom stereocenters. The van der Waals surface area contributed by atoms with Gasteiger partial charge in [-0.15, -0.1) is 0 Å². The van der Waals surface area contributed by atoms with Gasteiger partial charge in [-0.2, -0.15) is 0 Å². The van der Waals surface area contributed by atoms with Gasteiger partial charge in [0.15, 0.2) is 5.75 Å². The summed E-state index contributed by atoms with van der Waals surface area (Å²) in [6.45, 7) is 8.21. The van der Waals surface area contributed by atoms with Crippen LogP contribution in [-0.2, 0) is 11.3 Å². The van der Waals surface area contributed by atoms with Gasteiger partial charge >= 0.3 is 0 Å². The largest absolute Gasteiger partial charge is 0.486 e. The third-order valence-corrected chi connectivity index (χ3v) is 4.37. The molecule has 0 bridgehead atoms. The van der Waals surface area contributed by atoms with E-state index in [2.05, 4.69) is 16.8 Å². The highest BCUT2D eigenvalue weighted by Crippen LogP contribution is 2.34. The fourth-order valence-corrected chi connectivity index (χ4v) is 3.41. The van der Waals surface area contributed by atoms with Crippen LogP contribution in [0.3, 0.4) is 0 Å². The zero-order valence-electron chi connectivity index (χ0n) is 13.3. The number of piperidine rings is 1. The fourth-order valence-electron chi connectivity index (χ4n) is 2.76. The number of ether oxygens (including phenoxy) is 1. The van der Waals surface area contributed by atoms with E-state index in [1.807, 2.05) is 12.1 Å². The molecule has 4 nitrogen and oxygen atoms in total. The van der Waals surface area contributed by atoms with E-state index in [0.29, 0.717) is 22.4 Å². The molecule has 6 heteroatoms. The average Bonchev–Trinajstić information content (AvgIpc) is 2.48. The highest BCUT2D eigenvalue weighted by Gasteiger charge is 2.20. The number of hydrogen-bond acceptors (Lipinski definition) is 3. The van der Waals surface area contributed by atoms with Crippen molar-refractivity contribution in [3.63, 3.8) is 0 Å². The van der Waals surface area contributed by atoms with Gasteiger partial charge in [-0.05, 0) is 30.5 Å². The second-order valence-corrected chi connectivity index (χ2v) is 6.55. The minimum Gasteiger partial charge on any atom is -0.486 e. The summed E-state index contributed by atoms with van der Waals surface area (Å²) < 4.78 is 5.48. The number of rotatable bonds is 6. The molecular formula is C17H22Cl2N2O2. The quantitative estimate of drug-likeness (QED) is 0.790. The Balaban J connectivity index is 1.94. The van der Waals surface area contributed by atoms with Crippen LogP contribution in [0.4, 0.5) is 0 Å². The summed E-state index contributed by atoms with van der Waals surface area (Å²) in [7, 11) is 0. The van der Waals surface area contributed by atoms with Crippen molar-refractivity contribution in [2.24, 2.45) is 0 Å². The number of benzene rings is 1. The molecule has 2 rings (SSSR count). The molecule has 0 aromatic heterocycles. The van der Waals surface area contributed by atoms with E-state index in [1.165, 1.54) is 0 Å². The SMILES string of the molecule is C=CCOc1c(Cl)cc(CN2CCC(NC(C)=O)CC2)cc1Cl. The topological polar surface area (TPSA) is 41.6 Å². The molecule has 1 saturated heterocycles. The summed E-state index contributed by atoms with van der Waals surface area (Å²) in [5.74, 6) is 0.540. The minimum atomic E-state index is 0.0390. The first-order valence-corrected chi connectivity index (χ1v) is 8.46. The fraction of sp³-hybridized carbons (Fsp3) is 0.471. The maximum absolute atomic E-state index is 11.1. The van der Waals surface area contributed by atoms with Crippen molar-refractivity contribution in [1.29, 1.82) is 0 Å². The number of carbonyl (C=O) groups is 1. The van der Waals surface area contributed by atoms with Crippen LogP contribution in [0, 0.1) is 0 Å². The molecule has 1 aliphatic heterocycles. The van der Waals surface area contributed by atoms with E-state index >= 15 is 0 Å². The van der Waals surface area contributed by atoms with Crippen LogP contribution >= 0.6 is 23.2 Å². The van der Waals surface area contributed by atoms with Gasteiger partial charge in [0.1, 0.15) is 6.61 Å². The van der Waals surface area contributed by atoms with Gasteiger partial charge in [-0.3, -0.25) is 9.69 Å². The number of halogens is 2. The molecule has 1 fully saturated rings. The second-order valence-electron chi connectivity index (χ2n) is 5.74. The van der Waals surface area contributed by atoms with Gasteiger partial charge in [0, 0.05) is 32.6 Å². The molecule has 1 aliphatic rings. The Kier molecular flexibility index (Phi) is 6.75. The number of nitrogens with one attached hydrogen (secondary N) is 1. The van der Waals surface area contributed by atoms with Crippen LogP contribution in [0.5, 0.6) is 5.75 Å². The van der Waals surface area contributed by atoms with Crippen LogP contribution in [-0.4, -0.2) is 36.5 Å². The summed E-state index contributed by atoms with van der Waals surface area (Å²) in [4.78, 5) is 13.4. The van der Waals surface area contributed by atoms with E-state index in [1.54, 1.807) is 13.0 Å². The maximum atomic E-state index is 11.1. The van der Waals surface area contributed by atoms with E-state index in [0.717, 1.165) is 38.0 Å². The number of nitrogens with zero attached hydrogens (tertiary/aromatic N) is 1. The lowest BCUT2D eigenvalue weighted by atomic mass is 10.0. The van der Waals surface area contributed by atoms with Crippen molar-refractivity contribution >= 4 is 29.1 Å². The average molecular weight is 357 g/mol. The summed E-state index contributed by atoms with van der Waals surface area (Å²) in [6.07, 6.45) is 3.57. The third-order valence-electron chi connectivity index (χ3n) is 3.80. The van der Waals surface area contributed by atoms with Crippen molar-refractivity contribution in [3.8, 4) is 5.75 Å². The number of amides is 1. The molecule has 1 heterocycles. The molecule has 23 heavy (non-hydrogen) atoms. The van der Waals surface area contributed by atoms with Gasteiger partial charge < -0.3 is 10.1 Å². The Hall–Kier alpha value is -1.23. The van der Waals surface area contributed by atoms with Crippen LogP contribution in [0.1, 0.15) is 25.3 Å². The second kappa shape index (κ2) is 8.57. The van der Waals surface area contributed by atoms with Crippen molar-refractivity contribution in [3.05, 3.63) is 40.4 Å². The molecule has 126 valence electrons. The number of hydrogen-bond donors (Lipinski definition) is 1. The standard InChI is InChI=1S/C17H22Cl2N2O2/c1-3-8-23-17-15(18)9-13(10-16(17)19)11-21-6-4-14(5-7-21)20-12(2)22/h3,9-10,14H,1,4-8,11H2,2H3,(H,20,22). The van der Waals surface area contributed by atoms with Gasteiger partial charge in [0.25, 0.3) is 0 Å². The molecule has 0 saturated carbocycles. The molecule has 0 spiro atoms. The summed E-state index contributed by atoms with van der Waals surface area (Å²) in [5.41, 5.74) is 1.06. The Morgan fingerprint density at radius 1 is 1.39 bits per heavy atom. The summed E-state index contributed by atoms with van der Waals surface area (Å²) in [6, 6.07) is 4.07.